The zero-order chi connectivity index (χ0) is 14.3. The normalized spacial score (nSPS) is 15.8. The fraction of sp³-hybridized carbons (Fsp3) is 0.412. The van der Waals surface area contributed by atoms with Crippen LogP contribution in [0.1, 0.15) is 33.3 Å². The molecule has 2 heteroatoms. The van der Waals surface area contributed by atoms with Crippen LogP contribution in [0.25, 0.3) is 6.08 Å². The van der Waals surface area contributed by atoms with Crippen LogP contribution in [0.5, 0.6) is 0 Å². The first-order chi connectivity index (χ1) is 9.04. The summed E-state index contributed by atoms with van der Waals surface area (Å²) in [6, 6.07) is 9.96. The third-order valence-corrected chi connectivity index (χ3v) is 2.90. The summed E-state index contributed by atoms with van der Waals surface area (Å²) < 4.78 is 5.70. The van der Waals surface area contributed by atoms with E-state index in [1.54, 1.807) is 0 Å². The summed E-state index contributed by atoms with van der Waals surface area (Å²) in [6.45, 7) is 7.88. The highest BCUT2D eigenvalue weighted by atomic mass is 16.5. The van der Waals surface area contributed by atoms with Crippen molar-refractivity contribution < 1.29 is 9.84 Å². The Morgan fingerprint density at radius 3 is 2.32 bits per heavy atom. The number of aliphatic hydroxyl groups is 1. The fourth-order valence-corrected chi connectivity index (χ4v) is 1.82. The van der Waals surface area contributed by atoms with E-state index >= 15 is 0 Å². The van der Waals surface area contributed by atoms with Gasteiger partial charge in [0.2, 0.25) is 0 Å². The van der Waals surface area contributed by atoms with Crippen molar-refractivity contribution in [1.29, 1.82) is 0 Å². The van der Waals surface area contributed by atoms with Crippen molar-refractivity contribution in [2.24, 2.45) is 5.92 Å². The van der Waals surface area contributed by atoms with Gasteiger partial charge in [0.25, 0.3) is 0 Å². The summed E-state index contributed by atoms with van der Waals surface area (Å²) in [5, 5.41) is 10.2. The first-order valence-electron chi connectivity index (χ1n) is 6.78. The van der Waals surface area contributed by atoms with Gasteiger partial charge in [-0.25, -0.2) is 0 Å². The number of hydrogen-bond donors (Lipinski definition) is 1. The molecule has 0 amide bonds. The van der Waals surface area contributed by atoms with Crippen molar-refractivity contribution in [3.05, 3.63) is 53.8 Å². The molecule has 2 atom stereocenters. The average molecular weight is 260 g/mol. The summed E-state index contributed by atoms with van der Waals surface area (Å²) in [5.74, 6) is 0.785. The summed E-state index contributed by atoms with van der Waals surface area (Å²) >= 11 is 0. The summed E-state index contributed by atoms with van der Waals surface area (Å²) in [6.07, 6.45) is 5.24. The molecule has 0 aliphatic heterocycles. The first kappa shape index (κ1) is 15.5. The molecular weight excluding hydrogens is 236 g/mol. The van der Waals surface area contributed by atoms with Gasteiger partial charge in [-0.3, -0.25) is 0 Å². The standard InChI is InChI=1S/C17H24O2/c1-5-17(19-13(2)3)14(4)16(18)12-11-15-9-7-6-8-10-15/h5-14,16,18H,1-4H3/b12-11+,17-5-/t14-,16-/m0/s1. The van der Waals surface area contributed by atoms with E-state index in [4.69, 9.17) is 4.74 Å². The van der Waals surface area contributed by atoms with Crippen molar-refractivity contribution in [3.8, 4) is 0 Å². The second-order valence-corrected chi connectivity index (χ2v) is 4.91. The van der Waals surface area contributed by atoms with Gasteiger partial charge in [-0.2, -0.15) is 0 Å². The minimum absolute atomic E-state index is 0.0487. The maximum atomic E-state index is 10.2. The molecule has 1 N–H and O–H groups in total. The molecule has 0 saturated heterocycles. The van der Waals surface area contributed by atoms with E-state index in [2.05, 4.69) is 0 Å². The van der Waals surface area contributed by atoms with Crippen LogP contribution in [-0.4, -0.2) is 17.3 Å². The van der Waals surface area contributed by atoms with E-state index in [9.17, 15) is 5.11 Å². The third-order valence-electron chi connectivity index (χ3n) is 2.90. The summed E-state index contributed by atoms with van der Waals surface area (Å²) in [7, 11) is 0. The van der Waals surface area contributed by atoms with Crippen LogP contribution in [0, 0.1) is 5.92 Å². The molecule has 1 aromatic carbocycles. The van der Waals surface area contributed by atoms with E-state index in [-0.39, 0.29) is 12.0 Å². The van der Waals surface area contributed by atoms with Crippen LogP contribution in [-0.2, 0) is 4.74 Å². The zero-order valence-electron chi connectivity index (χ0n) is 12.2. The lowest BCUT2D eigenvalue weighted by atomic mass is 10.0. The highest BCUT2D eigenvalue weighted by Gasteiger charge is 2.17. The van der Waals surface area contributed by atoms with Crippen LogP contribution in [0.15, 0.2) is 48.2 Å². The number of rotatable bonds is 6. The van der Waals surface area contributed by atoms with E-state index in [0.717, 1.165) is 11.3 Å². The lowest BCUT2D eigenvalue weighted by Crippen LogP contribution is -2.20. The average Bonchev–Trinajstić information content (AvgIpc) is 2.42. The Bertz CT molecular complexity index is 418. The lowest BCUT2D eigenvalue weighted by molar-refractivity contribution is 0.0829. The molecular formula is C17H24O2. The molecule has 0 unspecified atom stereocenters. The monoisotopic (exact) mass is 260 g/mol. The van der Waals surface area contributed by atoms with E-state index in [0.29, 0.717) is 0 Å². The minimum atomic E-state index is -0.551. The van der Waals surface area contributed by atoms with Gasteiger partial charge in [0, 0.05) is 5.92 Å². The van der Waals surface area contributed by atoms with Crippen molar-refractivity contribution in [3.63, 3.8) is 0 Å². The van der Waals surface area contributed by atoms with Crippen molar-refractivity contribution in [2.45, 2.75) is 39.9 Å². The van der Waals surface area contributed by atoms with E-state index < -0.39 is 6.10 Å². The molecule has 1 aromatic rings. The number of allylic oxidation sites excluding steroid dienone is 1. The molecule has 0 saturated carbocycles. The first-order valence-corrected chi connectivity index (χ1v) is 6.78. The van der Waals surface area contributed by atoms with Crippen LogP contribution >= 0.6 is 0 Å². The maximum absolute atomic E-state index is 10.2. The number of aliphatic hydroxyl groups excluding tert-OH is 1. The number of benzene rings is 1. The fourth-order valence-electron chi connectivity index (χ4n) is 1.82. The topological polar surface area (TPSA) is 29.5 Å². The second-order valence-electron chi connectivity index (χ2n) is 4.91. The molecule has 2 nitrogen and oxygen atoms in total. The van der Waals surface area contributed by atoms with Crippen LogP contribution < -0.4 is 0 Å². The quantitative estimate of drug-likeness (QED) is 0.783. The van der Waals surface area contributed by atoms with Gasteiger partial charge in [-0.15, -0.1) is 0 Å². The largest absolute Gasteiger partial charge is 0.495 e. The Morgan fingerprint density at radius 2 is 1.79 bits per heavy atom. The van der Waals surface area contributed by atoms with Gasteiger partial charge in [0.1, 0.15) is 0 Å². The molecule has 0 aromatic heterocycles. The Balaban J connectivity index is 2.66. The number of ether oxygens (including phenoxy) is 1. The van der Waals surface area contributed by atoms with Crippen molar-refractivity contribution >= 4 is 6.08 Å². The summed E-state index contributed by atoms with van der Waals surface area (Å²) in [4.78, 5) is 0. The molecule has 0 bridgehead atoms. The van der Waals surface area contributed by atoms with E-state index in [1.807, 2.05) is 76.3 Å². The van der Waals surface area contributed by atoms with Gasteiger partial charge >= 0.3 is 0 Å². The number of hydrogen-bond acceptors (Lipinski definition) is 2. The molecule has 0 spiro atoms. The predicted octanol–water partition coefficient (Wildman–Crippen LogP) is 4.03. The molecule has 0 aliphatic rings. The highest BCUT2D eigenvalue weighted by molar-refractivity contribution is 5.49. The van der Waals surface area contributed by atoms with Gasteiger partial charge in [0.05, 0.1) is 18.0 Å². The smallest absolute Gasteiger partial charge is 0.0978 e. The van der Waals surface area contributed by atoms with Gasteiger partial charge in [0.15, 0.2) is 0 Å². The molecule has 0 radical (unpaired) electrons. The third kappa shape index (κ3) is 5.31. The van der Waals surface area contributed by atoms with Crippen molar-refractivity contribution in [2.75, 3.05) is 0 Å². The lowest BCUT2D eigenvalue weighted by Gasteiger charge is -2.22. The highest BCUT2D eigenvalue weighted by Crippen LogP contribution is 2.19. The molecule has 104 valence electrons. The van der Waals surface area contributed by atoms with Crippen LogP contribution in [0.2, 0.25) is 0 Å². The van der Waals surface area contributed by atoms with E-state index in [1.165, 1.54) is 0 Å². The Kier molecular flexibility index (Phi) is 6.37. The van der Waals surface area contributed by atoms with Crippen molar-refractivity contribution in [1.82, 2.24) is 0 Å². The molecule has 0 heterocycles. The zero-order valence-corrected chi connectivity index (χ0v) is 12.2. The van der Waals surface area contributed by atoms with Gasteiger partial charge in [-0.1, -0.05) is 49.4 Å². The van der Waals surface area contributed by atoms with Gasteiger partial charge in [-0.05, 0) is 32.4 Å². The minimum Gasteiger partial charge on any atom is -0.495 e. The molecule has 0 fully saturated rings. The Morgan fingerprint density at radius 1 is 1.16 bits per heavy atom. The van der Waals surface area contributed by atoms with Crippen LogP contribution in [0.3, 0.4) is 0 Å². The van der Waals surface area contributed by atoms with Gasteiger partial charge < -0.3 is 9.84 Å². The Hall–Kier alpha value is -1.54. The maximum Gasteiger partial charge on any atom is 0.0978 e. The molecule has 1 rings (SSSR count). The molecule has 0 aliphatic carbocycles. The van der Waals surface area contributed by atoms with Crippen LogP contribution in [0.4, 0.5) is 0 Å². The second kappa shape index (κ2) is 7.80. The predicted molar refractivity (Wildman–Crippen MR) is 80.6 cm³/mol. The Labute approximate surface area is 116 Å². The molecule has 19 heavy (non-hydrogen) atoms. The SMILES string of the molecule is C/C=C(\OC(C)C)[C@@H](C)[C@@H](O)/C=C/c1ccccc1. The summed E-state index contributed by atoms with van der Waals surface area (Å²) in [5.41, 5.74) is 1.08.